The summed E-state index contributed by atoms with van der Waals surface area (Å²) < 4.78 is 0. The van der Waals surface area contributed by atoms with E-state index >= 15 is 0 Å². The highest BCUT2D eigenvalue weighted by Gasteiger charge is 2.10. The molecule has 1 aromatic carbocycles. The molecule has 2 unspecified atom stereocenters. The van der Waals surface area contributed by atoms with E-state index < -0.39 is 0 Å². The first-order valence-electron chi connectivity index (χ1n) is 6.64. The molecule has 1 rings (SSSR count). The van der Waals surface area contributed by atoms with Gasteiger partial charge in [0.2, 0.25) is 0 Å². The van der Waals surface area contributed by atoms with Gasteiger partial charge in [0, 0.05) is 13.2 Å². The maximum absolute atomic E-state index is 8.98. The molecule has 0 aromatic heterocycles. The molecule has 0 heterocycles. The Morgan fingerprint density at radius 2 is 1.88 bits per heavy atom. The fourth-order valence-electron chi connectivity index (χ4n) is 2.03. The molecule has 17 heavy (non-hydrogen) atoms. The van der Waals surface area contributed by atoms with E-state index in [0.717, 1.165) is 13.1 Å². The van der Waals surface area contributed by atoms with Gasteiger partial charge in [-0.05, 0) is 30.4 Å². The Labute approximate surface area is 105 Å². The van der Waals surface area contributed by atoms with Crippen molar-refractivity contribution in [3.8, 4) is 0 Å². The summed E-state index contributed by atoms with van der Waals surface area (Å²) in [6.07, 6.45) is 2.42. The quantitative estimate of drug-likeness (QED) is 0.726. The summed E-state index contributed by atoms with van der Waals surface area (Å²) in [4.78, 5) is 0. The number of aliphatic hydroxyl groups is 1. The lowest BCUT2D eigenvalue weighted by atomic mass is 9.94. The van der Waals surface area contributed by atoms with E-state index in [0.29, 0.717) is 11.8 Å². The van der Waals surface area contributed by atoms with Gasteiger partial charge < -0.3 is 10.4 Å². The van der Waals surface area contributed by atoms with Crippen molar-refractivity contribution in [2.45, 2.75) is 32.6 Å². The van der Waals surface area contributed by atoms with Crippen LogP contribution in [0.25, 0.3) is 0 Å². The largest absolute Gasteiger partial charge is 0.396 e. The molecule has 1 aromatic rings. The minimum absolute atomic E-state index is 0.261. The molecule has 0 amide bonds. The molecule has 2 N–H and O–H groups in total. The van der Waals surface area contributed by atoms with Crippen LogP contribution in [0.5, 0.6) is 0 Å². The van der Waals surface area contributed by atoms with Crippen molar-refractivity contribution in [1.82, 2.24) is 5.32 Å². The van der Waals surface area contributed by atoms with Gasteiger partial charge in [0.25, 0.3) is 0 Å². The van der Waals surface area contributed by atoms with Crippen molar-refractivity contribution in [1.29, 1.82) is 0 Å². The van der Waals surface area contributed by atoms with E-state index in [4.69, 9.17) is 5.11 Å². The maximum atomic E-state index is 8.98. The number of rotatable bonds is 8. The fourth-order valence-corrected chi connectivity index (χ4v) is 2.03. The highest BCUT2D eigenvalue weighted by Crippen LogP contribution is 2.20. The van der Waals surface area contributed by atoms with Crippen LogP contribution in [-0.4, -0.2) is 24.8 Å². The Balaban J connectivity index is 2.44. The first-order chi connectivity index (χ1) is 8.27. The molecular formula is C15H25NO. The minimum atomic E-state index is 0.261. The van der Waals surface area contributed by atoms with Gasteiger partial charge in [-0.3, -0.25) is 0 Å². The number of benzene rings is 1. The second kappa shape index (κ2) is 8.26. The van der Waals surface area contributed by atoms with Gasteiger partial charge in [-0.1, -0.05) is 50.6 Å². The number of aliphatic hydroxyl groups excluding tert-OH is 1. The molecule has 2 atom stereocenters. The van der Waals surface area contributed by atoms with E-state index in [9.17, 15) is 0 Å². The smallest absolute Gasteiger partial charge is 0.0468 e. The zero-order valence-electron chi connectivity index (χ0n) is 11.0. The molecule has 0 aliphatic heterocycles. The van der Waals surface area contributed by atoms with E-state index in [1.54, 1.807) is 0 Å². The van der Waals surface area contributed by atoms with Crippen molar-refractivity contribution >= 4 is 0 Å². The van der Waals surface area contributed by atoms with Crippen LogP contribution in [-0.2, 0) is 0 Å². The van der Waals surface area contributed by atoms with Crippen molar-refractivity contribution in [2.24, 2.45) is 5.92 Å². The fraction of sp³-hybridized carbons (Fsp3) is 0.600. The lowest BCUT2D eigenvalue weighted by Crippen LogP contribution is -2.27. The van der Waals surface area contributed by atoms with Gasteiger partial charge in [0.1, 0.15) is 0 Å². The second-order valence-electron chi connectivity index (χ2n) is 4.84. The van der Waals surface area contributed by atoms with Gasteiger partial charge in [-0.2, -0.15) is 0 Å². The Kier molecular flexibility index (Phi) is 6.90. The molecular weight excluding hydrogens is 210 g/mol. The molecule has 96 valence electrons. The van der Waals surface area contributed by atoms with Crippen molar-refractivity contribution in [3.63, 3.8) is 0 Å². The zero-order chi connectivity index (χ0) is 12.5. The van der Waals surface area contributed by atoms with Crippen LogP contribution in [0.15, 0.2) is 30.3 Å². The average molecular weight is 235 g/mol. The highest BCUT2D eigenvalue weighted by molar-refractivity contribution is 5.19. The molecule has 0 saturated heterocycles. The van der Waals surface area contributed by atoms with Crippen molar-refractivity contribution in [2.75, 3.05) is 19.7 Å². The standard InChI is InChI=1S/C15H25NO/c1-3-7-15(11-16-10-13(2)12-17)14-8-5-4-6-9-14/h4-6,8-9,13,15-17H,3,7,10-12H2,1-2H3. The Bertz CT molecular complexity index is 286. The van der Waals surface area contributed by atoms with Gasteiger partial charge >= 0.3 is 0 Å². The highest BCUT2D eigenvalue weighted by atomic mass is 16.3. The maximum Gasteiger partial charge on any atom is 0.0468 e. The first kappa shape index (κ1) is 14.2. The summed E-state index contributed by atoms with van der Waals surface area (Å²) in [5, 5.41) is 12.4. The SMILES string of the molecule is CCCC(CNCC(C)CO)c1ccccc1. The Morgan fingerprint density at radius 1 is 1.18 bits per heavy atom. The monoisotopic (exact) mass is 235 g/mol. The van der Waals surface area contributed by atoms with E-state index in [1.165, 1.54) is 18.4 Å². The third-order valence-electron chi connectivity index (χ3n) is 3.10. The lowest BCUT2D eigenvalue weighted by Gasteiger charge is -2.18. The van der Waals surface area contributed by atoms with Gasteiger partial charge in [0.15, 0.2) is 0 Å². The van der Waals surface area contributed by atoms with Gasteiger partial charge in [-0.15, -0.1) is 0 Å². The second-order valence-corrected chi connectivity index (χ2v) is 4.84. The van der Waals surface area contributed by atoms with Crippen LogP contribution in [0.1, 0.15) is 38.2 Å². The Morgan fingerprint density at radius 3 is 2.47 bits per heavy atom. The van der Waals surface area contributed by atoms with E-state index in [2.05, 4.69) is 49.5 Å². The third kappa shape index (κ3) is 5.33. The number of hydrogen-bond donors (Lipinski definition) is 2. The topological polar surface area (TPSA) is 32.3 Å². The summed E-state index contributed by atoms with van der Waals surface area (Å²) >= 11 is 0. The van der Waals surface area contributed by atoms with Crippen LogP contribution < -0.4 is 5.32 Å². The first-order valence-corrected chi connectivity index (χ1v) is 6.64. The molecule has 0 bridgehead atoms. The van der Waals surface area contributed by atoms with Gasteiger partial charge in [0.05, 0.1) is 0 Å². The van der Waals surface area contributed by atoms with Crippen molar-refractivity contribution in [3.05, 3.63) is 35.9 Å². The number of hydrogen-bond acceptors (Lipinski definition) is 2. The van der Waals surface area contributed by atoms with Crippen LogP contribution >= 0.6 is 0 Å². The van der Waals surface area contributed by atoms with E-state index in [-0.39, 0.29) is 6.61 Å². The van der Waals surface area contributed by atoms with Crippen LogP contribution in [0.4, 0.5) is 0 Å². The van der Waals surface area contributed by atoms with Crippen LogP contribution in [0, 0.1) is 5.92 Å². The zero-order valence-corrected chi connectivity index (χ0v) is 11.0. The summed E-state index contributed by atoms with van der Waals surface area (Å²) in [6.45, 7) is 6.44. The lowest BCUT2D eigenvalue weighted by molar-refractivity contribution is 0.233. The predicted molar refractivity (Wildman–Crippen MR) is 73.2 cm³/mol. The molecule has 0 aliphatic carbocycles. The summed E-state index contributed by atoms with van der Waals surface area (Å²) in [6, 6.07) is 10.7. The Hall–Kier alpha value is -0.860. The molecule has 2 heteroatoms. The average Bonchev–Trinajstić information content (AvgIpc) is 2.38. The molecule has 0 radical (unpaired) electrons. The molecule has 0 fully saturated rings. The molecule has 0 aliphatic rings. The van der Waals surface area contributed by atoms with E-state index in [1.807, 2.05) is 0 Å². The molecule has 0 saturated carbocycles. The minimum Gasteiger partial charge on any atom is -0.396 e. The normalized spacial score (nSPS) is 14.5. The molecule has 2 nitrogen and oxygen atoms in total. The summed E-state index contributed by atoms with van der Waals surface area (Å²) in [7, 11) is 0. The molecule has 0 spiro atoms. The number of nitrogens with one attached hydrogen (secondary N) is 1. The summed E-state index contributed by atoms with van der Waals surface area (Å²) in [5.74, 6) is 0.931. The van der Waals surface area contributed by atoms with Crippen LogP contribution in [0.3, 0.4) is 0 Å². The van der Waals surface area contributed by atoms with Gasteiger partial charge in [-0.25, -0.2) is 0 Å². The third-order valence-corrected chi connectivity index (χ3v) is 3.10. The summed E-state index contributed by atoms with van der Waals surface area (Å²) in [5.41, 5.74) is 1.42. The van der Waals surface area contributed by atoms with Crippen LogP contribution in [0.2, 0.25) is 0 Å². The predicted octanol–water partition coefficient (Wildman–Crippen LogP) is 2.79. The van der Waals surface area contributed by atoms with Crippen molar-refractivity contribution < 1.29 is 5.11 Å².